The van der Waals surface area contributed by atoms with E-state index in [0.29, 0.717) is 30.4 Å². The molecular weight excluding hydrogens is 442 g/mol. The summed E-state index contributed by atoms with van der Waals surface area (Å²) < 4.78 is 5.71. The summed E-state index contributed by atoms with van der Waals surface area (Å²) in [7, 11) is 5.59. The number of amides is 1. The molecule has 0 saturated carbocycles. The highest BCUT2D eigenvalue weighted by atomic mass is 16.5. The quantitative estimate of drug-likeness (QED) is 0.604. The summed E-state index contributed by atoms with van der Waals surface area (Å²) in [6.45, 7) is 4.60. The van der Waals surface area contributed by atoms with Gasteiger partial charge in [0.25, 0.3) is 0 Å². The van der Waals surface area contributed by atoms with E-state index in [1.54, 1.807) is 25.3 Å². The Morgan fingerprint density at radius 2 is 1.71 bits per heavy atom. The van der Waals surface area contributed by atoms with Gasteiger partial charge < -0.3 is 29.7 Å². The number of carbonyl (C=O) groups is 1. The van der Waals surface area contributed by atoms with Crippen LogP contribution < -0.4 is 24.8 Å². The summed E-state index contributed by atoms with van der Waals surface area (Å²) in [5, 5.41) is 3.33. The maximum absolute atomic E-state index is 12.6. The number of carbonyl (C=O) groups excluding carboxylic acids is 1. The molecule has 0 unspecified atom stereocenters. The predicted octanol–water partition coefficient (Wildman–Crippen LogP) is 3.49. The second kappa shape index (κ2) is 9.79. The number of aromatic nitrogens is 2. The smallest absolute Gasteiger partial charge is 0.229 e. The van der Waals surface area contributed by atoms with Gasteiger partial charge in [-0.2, -0.15) is 4.98 Å². The third kappa shape index (κ3) is 4.72. The van der Waals surface area contributed by atoms with Gasteiger partial charge in [-0.1, -0.05) is 18.2 Å². The van der Waals surface area contributed by atoms with E-state index in [1.807, 2.05) is 36.4 Å². The molecule has 0 aliphatic carbocycles. The van der Waals surface area contributed by atoms with Gasteiger partial charge in [0.05, 0.1) is 19.0 Å². The third-order valence-electron chi connectivity index (χ3n) is 6.66. The highest BCUT2D eigenvalue weighted by Gasteiger charge is 2.27. The van der Waals surface area contributed by atoms with Crippen molar-refractivity contribution in [2.45, 2.75) is 6.42 Å². The summed E-state index contributed by atoms with van der Waals surface area (Å²) in [6.07, 6.45) is 2.10. The van der Waals surface area contributed by atoms with E-state index in [9.17, 15) is 4.79 Å². The summed E-state index contributed by atoms with van der Waals surface area (Å²) in [5.41, 5.74) is 3.59. The lowest BCUT2D eigenvalue weighted by Gasteiger charge is -2.34. The molecular formula is C26H31N7O2. The fourth-order valence-corrected chi connectivity index (χ4v) is 4.50. The van der Waals surface area contributed by atoms with Crippen LogP contribution in [0, 0.1) is 0 Å². The van der Waals surface area contributed by atoms with E-state index >= 15 is 0 Å². The molecule has 0 spiro atoms. The number of nitrogens with zero attached hydrogens (tertiary/aromatic N) is 6. The van der Waals surface area contributed by atoms with Gasteiger partial charge in [-0.15, -0.1) is 0 Å². The van der Waals surface area contributed by atoms with Crippen molar-refractivity contribution in [3.8, 4) is 5.75 Å². The van der Waals surface area contributed by atoms with Crippen molar-refractivity contribution in [3.63, 3.8) is 0 Å². The minimum absolute atomic E-state index is 0.0372. The van der Waals surface area contributed by atoms with Gasteiger partial charge in [-0.25, -0.2) is 4.98 Å². The fourth-order valence-electron chi connectivity index (χ4n) is 4.50. The number of fused-ring (bicyclic) bond motifs is 1. The number of hydrogen-bond acceptors (Lipinski definition) is 8. The number of ether oxygens (including phenoxy) is 1. The summed E-state index contributed by atoms with van der Waals surface area (Å²) in [6, 6.07) is 16.2. The topological polar surface area (TPSA) is 77.1 Å². The first-order valence-corrected chi connectivity index (χ1v) is 11.9. The number of benzene rings is 2. The lowest BCUT2D eigenvalue weighted by molar-refractivity contribution is -0.118. The summed E-state index contributed by atoms with van der Waals surface area (Å²) >= 11 is 0. The van der Waals surface area contributed by atoms with Crippen molar-refractivity contribution in [2.24, 2.45) is 0 Å². The van der Waals surface area contributed by atoms with Gasteiger partial charge in [-0.05, 0) is 31.3 Å². The predicted molar refractivity (Wildman–Crippen MR) is 139 cm³/mol. The van der Waals surface area contributed by atoms with Crippen molar-refractivity contribution < 1.29 is 9.53 Å². The molecule has 9 nitrogen and oxygen atoms in total. The minimum Gasteiger partial charge on any atom is -0.494 e. The number of para-hydroxylation sites is 1. The minimum atomic E-state index is 0.0372. The molecule has 2 aliphatic heterocycles. The lowest BCUT2D eigenvalue weighted by Crippen LogP contribution is -2.44. The second-order valence-electron chi connectivity index (χ2n) is 8.89. The van der Waals surface area contributed by atoms with Crippen LogP contribution in [0.1, 0.15) is 6.42 Å². The first kappa shape index (κ1) is 22.9. The van der Waals surface area contributed by atoms with Crippen LogP contribution in [-0.2, 0) is 4.79 Å². The zero-order valence-corrected chi connectivity index (χ0v) is 20.4. The lowest BCUT2D eigenvalue weighted by atomic mass is 10.2. The van der Waals surface area contributed by atoms with E-state index < -0.39 is 0 Å². The average Bonchev–Trinajstić information content (AvgIpc) is 3.01. The molecule has 2 aromatic carbocycles. The molecule has 1 saturated heterocycles. The molecule has 1 fully saturated rings. The molecule has 1 aromatic heterocycles. The van der Waals surface area contributed by atoms with Gasteiger partial charge in [-0.3, -0.25) is 4.79 Å². The second-order valence-corrected chi connectivity index (χ2v) is 8.89. The van der Waals surface area contributed by atoms with Gasteiger partial charge in [0.15, 0.2) is 5.82 Å². The van der Waals surface area contributed by atoms with Crippen LogP contribution in [0.4, 0.5) is 34.5 Å². The molecule has 2 aliphatic rings. The maximum atomic E-state index is 12.6. The summed E-state index contributed by atoms with van der Waals surface area (Å²) in [4.78, 5) is 30.4. The van der Waals surface area contributed by atoms with Crippen LogP contribution >= 0.6 is 0 Å². The Hall–Kier alpha value is -3.85. The first-order valence-electron chi connectivity index (χ1n) is 11.9. The molecule has 0 atom stereocenters. The Balaban J connectivity index is 1.45. The van der Waals surface area contributed by atoms with Crippen LogP contribution in [0.5, 0.6) is 5.75 Å². The first-order chi connectivity index (χ1) is 17.0. The van der Waals surface area contributed by atoms with Gasteiger partial charge in [0.2, 0.25) is 11.9 Å². The zero-order chi connectivity index (χ0) is 24.4. The number of hydrogen-bond donors (Lipinski definition) is 1. The Labute approximate surface area is 205 Å². The molecule has 1 amide bonds. The van der Waals surface area contributed by atoms with E-state index in [1.165, 1.54) is 0 Å². The average molecular weight is 474 g/mol. The monoisotopic (exact) mass is 473 g/mol. The van der Waals surface area contributed by atoms with Gasteiger partial charge in [0.1, 0.15) is 11.4 Å². The van der Waals surface area contributed by atoms with Crippen molar-refractivity contribution in [1.82, 2.24) is 14.9 Å². The number of methoxy groups -OCH3 is 1. The molecule has 0 bridgehead atoms. The Morgan fingerprint density at radius 3 is 2.46 bits per heavy atom. The maximum Gasteiger partial charge on any atom is 0.229 e. The molecule has 35 heavy (non-hydrogen) atoms. The standard InChI is InChI=1S/C26H31N7O2/c1-30-13-15-32(16-14-30)20-9-10-21(23(17-20)35-3)28-26-27-18-22-25(29-26)33(12-11-24(34)31(22)2)19-7-5-4-6-8-19/h4-10,17-18H,11-16H2,1-3H3,(H,27,28,29). The van der Waals surface area contributed by atoms with E-state index in [4.69, 9.17) is 9.72 Å². The van der Waals surface area contributed by atoms with Crippen molar-refractivity contribution in [3.05, 3.63) is 54.7 Å². The van der Waals surface area contributed by atoms with Crippen LogP contribution in [0.2, 0.25) is 0 Å². The number of anilines is 6. The van der Waals surface area contributed by atoms with Crippen LogP contribution in [0.3, 0.4) is 0 Å². The van der Waals surface area contributed by atoms with Crippen molar-refractivity contribution in [2.75, 3.05) is 73.9 Å². The summed E-state index contributed by atoms with van der Waals surface area (Å²) in [5.74, 6) is 1.90. The molecule has 5 rings (SSSR count). The molecule has 3 aromatic rings. The van der Waals surface area contributed by atoms with Gasteiger partial charge >= 0.3 is 0 Å². The molecule has 1 N–H and O–H groups in total. The van der Waals surface area contributed by atoms with Gasteiger partial charge in [0, 0.05) is 63.6 Å². The third-order valence-corrected chi connectivity index (χ3v) is 6.66. The molecule has 182 valence electrons. The van der Waals surface area contributed by atoms with Crippen LogP contribution in [0.25, 0.3) is 0 Å². The molecule has 0 radical (unpaired) electrons. The highest BCUT2D eigenvalue weighted by Crippen LogP contribution is 2.37. The van der Waals surface area contributed by atoms with Crippen LogP contribution in [-0.4, -0.2) is 74.7 Å². The largest absolute Gasteiger partial charge is 0.494 e. The Bertz CT molecular complexity index is 1200. The Morgan fingerprint density at radius 1 is 0.943 bits per heavy atom. The van der Waals surface area contributed by atoms with E-state index in [-0.39, 0.29) is 5.91 Å². The highest BCUT2D eigenvalue weighted by molar-refractivity contribution is 5.98. The zero-order valence-electron chi connectivity index (χ0n) is 20.4. The van der Waals surface area contributed by atoms with Crippen molar-refractivity contribution >= 4 is 40.4 Å². The fraction of sp³-hybridized carbons (Fsp3) is 0.346. The van der Waals surface area contributed by atoms with E-state index in [0.717, 1.165) is 49.0 Å². The number of likely N-dealkylation sites (N-methyl/N-ethyl adjacent to an activating group) is 1. The van der Waals surface area contributed by atoms with Crippen LogP contribution in [0.15, 0.2) is 54.7 Å². The molecule has 3 heterocycles. The van der Waals surface area contributed by atoms with Crippen molar-refractivity contribution in [1.29, 1.82) is 0 Å². The molecule has 9 heteroatoms. The Kier molecular flexibility index (Phi) is 6.41. The SMILES string of the molecule is COc1cc(N2CCN(C)CC2)ccc1Nc1ncc2c(n1)N(c1ccccc1)CCC(=O)N2C. The number of nitrogens with one attached hydrogen (secondary N) is 1. The van der Waals surface area contributed by atoms with E-state index in [2.05, 4.69) is 44.2 Å². The number of rotatable bonds is 5. The number of piperazine rings is 1. The normalized spacial score (nSPS) is 16.7.